The second kappa shape index (κ2) is 11.1. The van der Waals surface area contributed by atoms with Gasteiger partial charge in [-0.15, -0.1) is 0 Å². The highest BCUT2D eigenvalue weighted by Crippen LogP contribution is 2.40. The highest BCUT2D eigenvalue weighted by Gasteiger charge is 2.42. The standard InChI is InChI=1S/C28H31FN4O5/c1-5-7-8-11-32(4)15-17-12-16(28(37)38-6-2)9-10-21(17)33-26(35)22-24(27(33)36)31-23-19(25(22)34)13-18(29)14-20(23)30-3/h9-10,12-14,30H,5-8,11,15H2,1-4H3,(H,31,34). The first-order valence-corrected chi connectivity index (χ1v) is 12.6. The molecule has 4 rings (SSSR count). The SMILES string of the molecule is CCCCCN(C)Cc1cc(C(=O)OCC)ccc1N1C(=O)c2nc3c(NC)cc(F)cc3c(O)c2C1=O. The zero-order valence-electron chi connectivity index (χ0n) is 21.9. The van der Waals surface area contributed by atoms with Crippen molar-refractivity contribution in [1.29, 1.82) is 0 Å². The molecule has 2 heterocycles. The minimum atomic E-state index is -0.772. The van der Waals surface area contributed by atoms with Crippen molar-refractivity contribution < 1.29 is 28.6 Å². The molecule has 0 fully saturated rings. The maximum Gasteiger partial charge on any atom is 0.338 e. The third kappa shape index (κ3) is 4.91. The zero-order chi connectivity index (χ0) is 27.6. The number of anilines is 2. The summed E-state index contributed by atoms with van der Waals surface area (Å²) in [4.78, 5) is 46.9. The molecule has 0 aliphatic carbocycles. The number of carbonyl (C=O) groups is 3. The number of benzene rings is 2. The van der Waals surface area contributed by atoms with Gasteiger partial charge < -0.3 is 20.1 Å². The molecule has 0 unspecified atom stereocenters. The van der Waals surface area contributed by atoms with Gasteiger partial charge in [0.05, 0.1) is 29.1 Å². The van der Waals surface area contributed by atoms with E-state index < -0.39 is 29.4 Å². The van der Waals surface area contributed by atoms with Crippen LogP contribution in [0.5, 0.6) is 5.75 Å². The first-order chi connectivity index (χ1) is 18.2. The van der Waals surface area contributed by atoms with Crippen LogP contribution in [0.3, 0.4) is 0 Å². The summed E-state index contributed by atoms with van der Waals surface area (Å²) < 4.78 is 19.3. The minimum Gasteiger partial charge on any atom is -0.506 e. The molecule has 2 N–H and O–H groups in total. The number of rotatable bonds is 10. The van der Waals surface area contributed by atoms with Crippen LogP contribution in [0, 0.1) is 5.82 Å². The molecule has 0 bridgehead atoms. The van der Waals surface area contributed by atoms with Crippen LogP contribution in [-0.2, 0) is 11.3 Å². The summed E-state index contributed by atoms with van der Waals surface area (Å²) >= 11 is 0. The van der Waals surface area contributed by atoms with E-state index in [0.29, 0.717) is 17.7 Å². The average molecular weight is 523 g/mol. The van der Waals surface area contributed by atoms with Gasteiger partial charge in [-0.2, -0.15) is 0 Å². The maximum absolute atomic E-state index is 14.2. The number of nitrogens with one attached hydrogen (secondary N) is 1. The molecule has 2 aromatic carbocycles. The van der Waals surface area contributed by atoms with E-state index in [-0.39, 0.29) is 40.1 Å². The summed E-state index contributed by atoms with van der Waals surface area (Å²) in [5.74, 6) is -3.14. The highest BCUT2D eigenvalue weighted by molar-refractivity contribution is 6.36. The molecule has 1 aromatic heterocycles. The molecule has 0 spiro atoms. The Bertz CT molecular complexity index is 1420. The molecule has 2 amide bonds. The summed E-state index contributed by atoms with van der Waals surface area (Å²) in [6.07, 6.45) is 3.10. The molecular weight excluding hydrogens is 491 g/mol. The number of halogens is 1. The Kier molecular flexibility index (Phi) is 7.91. The van der Waals surface area contributed by atoms with Gasteiger partial charge in [0.1, 0.15) is 22.8 Å². The van der Waals surface area contributed by atoms with Gasteiger partial charge in [0.15, 0.2) is 0 Å². The lowest BCUT2D eigenvalue weighted by Gasteiger charge is -2.23. The smallest absolute Gasteiger partial charge is 0.338 e. The Morgan fingerprint density at radius 2 is 1.92 bits per heavy atom. The van der Waals surface area contributed by atoms with E-state index in [0.717, 1.165) is 36.8 Å². The fraction of sp³-hybridized carbons (Fsp3) is 0.357. The van der Waals surface area contributed by atoms with Crippen molar-refractivity contribution in [1.82, 2.24) is 9.88 Å². The predicted octanol–water partition coefficient (Wildman–Crippen LogP) is 4.72. The molecule has 0 radical (unpaired) electrons. The van der Waals surface area contributed by atoms with Crippen LogP contribution in [0.1, 0.15) is 69.9 Å². The van der Waals surface area contributed by atoms with Gasteiger partial charge in [-0.1, -0.05) is 19.8 Å². The molecule has 9 nitrogen and oxygen atoms in total. The predicted molar refractivity (Wildman–Crippen MR) is 142 cm³/mol. The normalized spacial score (nSPS) is 12.9. The molecule has 3 aromatic rings. The van der Waals surface area contributed by atoms with Crippen molar-refractivity contribution in [3.63, 3.8) is 0 Å². The van der Waals surface area contributed by atoms with Crippen molar-refractivity contribution in [2.24, 2.45) is 0 Å². The Morgan fingerprint density at radius 1 is 1.16 bits per heavy atom. The topological polar surface area (TPSA) is 112 Å². The quantitative estimate of drug-likeness (QED) is 0.224. The van der Waals surface area contributed by atoms with Crippen molar-refractivity contribution >= 4 is 40.1 Å². The minimum absolute atomic E-state index is 0.0182. The maximum atomic E-state index is 14.2. The molecular formula is C28H31FN4O5. The number of nitrogens with zero attached hydrogens (tertiary/aromatic N) is 3. The Labute approximate surface area is 220 Å². The summed E-state index contributed by atoms with van der Waals surface area (Å²) in [6.45, 7) is 5.17. The number of ether oxygens (including phenoxy) is 1. The first-order valence-electron chi connectivity index (χ1n) is 12.6. The Hall–Kier alpha value is -4.05. The second-order valence-corrected chi connectivity index (χ2v) is 9.24. The van der Waals surface area contributed by atoms with Gasteiger partial charge in [0.25, 0.3) is 11.8 Å². The van der Waals surface area contributed by atoms with E-state index in [4.69, 9.17) is 4.74 Å². The number of hydrogen-bond acceptors (Lipinski definition) is 8. The molecule has 0 saturated heterocycles. The van der Waals surface area contributed by atoms with Crippen LogP contribution in [-0.4, -0.2) is 60.0 Å². The summed E-state index contributed by atoms with van der Waals surface area (Å²) in [6, 6.07) is 6.91. The van der Waals surface area contributed by atoms with Crippen LogP contribution in [0.4, 0.5) is 15.8 Å². The number of aromatic hydroxyl groups is 1. The molecule has 1 aliphatic heterocycles. The van der Waals surface area contributed by atoms with E-state index in [1.807, 2.05) is 11.9 Å². The Balaban J connectivity index is 1.81. The van der Waals surface area contributed by atoms with Crippen LogP contribution in [0.25, 0.3) is 10.9 Å². The summed E-state index contributed by atoms with van der Waals surface area (Å²) in [7, 11) is 3.49. The zero-order valence-corrected chi connectivity index (χ0v) is 21.9. The van der Waals surface area contributed by atoms with Crippen molar-refractivity contribution in [3.8, 4) is 5.75 Å². The number of amides is 2. The van der Waals surface area contributed by atoms with Gasteiger partial charge in [-0.3, -0.25) is 9.59 Å². The van der Waals surface area contributed by atoms with Gasteiger partial charge in [-0.05, 0) is 62.8 Å². The number of aromatic nitrogens is 1. The molecule has 0 saturated carbocycles. The molecule has 200 valence electrons. The van der Waals surface area contributed by atoms with Crippen molar-refractivity contribution in [3.05, 3.63) is 58.5 Å². The summed E-state index contributed by atoms with van der Waals surface area (Å²) in [5.41, 5.74) is 1.07. The molecule has 0 atom stereocenters. The van der Waals surface area contributed by atoms with Crippen LogP contribution in [0.2, 0.25) is 0 Å². The number of imide groups is 1. The van der Waals surface area contributed by atoms with Gasteiger partial charge in [0, 0.05) is 19.0 Å². The van der Waals surface area contributed by atoms with Crippen LogP contribution < -0.4 is 10.2 Å². The third-order valence-electron chi connectivity index (χ3n) is 6.53. The number of hydrogen-bond donors (Lipinski definition) is 2. The lowest BCUT2D eigenvalue weighted by Crippen LogP contribution is -2.31. The summed E-state index contributed by atoms with van der Waals surface area (Å²) in [5, 5.41) is 13.8. The lowest BCUT2D eigenvalue weighted by molar-refractivity contribution is 0.0526. The van der Waals surface area contributed by atoms with E-state index in [9.17, 15) is 23.9 Å². The average Bonchev–Trinajstić information content (AvgIpc) is 3.14. The fourth-order valence-corrected chi connectivity index (χ4v) is 4.66. The van der Waals surface area contributed by atoms with Crippen LogP contribution in [0.15, 0.2) is 30.3 Å². The van der Waals surface area contributed by atoms with Crippen LogP contribution >= 0.6 is 0 Å². The molecule has 10 heteroatoms. The number of esters is 1. The van der Waals surface area contributed by atoms with E-state index in [2.05, 4.69) is 17.2 Å². The molecule has 38 heavy (non-hydrogen) atoms. The number of fused-ring (bicyclic) bond motifs is 2. The molecule has 1 aliphatic rings. The number of carbonyl (C=O) groups excluding carboxylic acids is 3. The van der Waals surface area contributed by atoms with E-state index in [1.165, 1.54) is 18.2 Å². The van der Waals surface area contributed by atoms with Crippen molar-refractivity contribution in [2.75, 3.05) is 37.5 Å². The van der Waals surface area contributed by atoms with E-state index >= 15 is 0 Å². The Morgan fingerprint density at radius 3 is 2.61 bits per heavy atom. The fourth-order valence-electron chi connectivity index (χ4n) is 4.66. The second-order valence-electron chi connectivity index (χ2n) is 9.24. The largest absolute Gasteiger partial charge is 0.506 e. The van der Waals surface area contributed by atoms with E-state index in [1.54, 1.807) is 20.0 Å². The van der Waals surface area contributed by atoms with Gasteiger partial charge in [-0.25, -0.2) is 19.1 Å². The van der Waals surface area contributed by atoms with Gasteiger partial charge >= 0.3 is 5.97 Å². The van der Waals surface area contributed by atoms with Gasteiger partial charge in [0.2, 0.25) is 0 Å². The number of pyridine rings is 1. The lowest BCUT2D eigenvalue weighted by atomic mass is 10.1. The number of unbranched alkanes of at least 4 members (excludes halogenated alkanes) is 2. The third-order valence-corrected chi connectivity index (χ3v) is 6.53. The first kappa shape index (κ1) is 27.0. The monoisotopic (exact) mass is 522 g/mol. The van der Waals surface area contributed by atoms with Crippen molar-refractivity contribution in [2.45, 2.75) is 39.7 Å². The highest BCUT2D eigenvalue weighted by atomic mass is 19.1.